The minimum atomic E-state index is -0.679. The van der Waals surface area contributed by atoms with Crippen molar-refractivity contribution in [2.75, 3.05) is 6.54 Å². The summed E-state index contributed by atoms with van der Waals surface area (Å²) in [5.74, 6) is -1.48. The standard InChI is InChI=1S/C14H16BrF2NO/c15-10-5-6-11(16)9(14(10)17)8-13(19)12-4-2-1-3-7-18-12/h5-6,12,18H,1-4,7-8H2. The number of hydrogen-bond acceptors (Lipinski definition) is 2. The molecule has 1 atom stereocenters. The molecule has 0 radical (unpaired) electrons. The number of carbonyl (C=O) groups excluding carboxylic acids is 1. The van der Waals surface area contributed by atoms with Crippen LogP contribution in [0.4, 0.5) is 8.78 Å². The van der Waals surface area contributed by atoms with Gasteiger partial charge in [-0.15, -0.1) is 0 Å². The summed E-state index contributed by atoms with van der Waals surface area (Å²) in [4.78, 5) is 12.1. The van der Waals surface area contributed by atoms with Gasteiger partial charge < -0.3 is 5.32 Å². The fourth-order valence-corrected chi connectivity index (χ4v) is 2.70. The largest absolute Gasteiger partial charge is 0.307 e. The predicted octanol–water partition coefficient (Wildman–Crippen LogP) is 3.37. The molecule has 5 heteroatoms. The average molecular weight is 332 g/mol. The van der Waals surface area contributed by atoms with Crippen LogP contribution in [0.25, 0.3) is 0 Å². The number of nitrogens with one attached hydrogen (secondary N) is 1. The summed E-state index contributed by atoms with van der Waals surface area (Å²) in [6.45, 7) is 0.792. The van der Waals surface area contributed by atoms with Crippen LogP contribution in [0.2, 0.25) is 0 Å². The minimum absolute atomic E-state index is 0.141. The third-order valence-electron chi connectivity index (χ3n) is 3.44. The van der Waals surface area contributed by atoms with Crippen LogP contribution in [0.5, 0.6) is 0 Å². The zero-order valence-electron chi connectivity index (χ0n) is 10.5. The number of ketones is 1. The molecule has 1 aliphatic heterocycles. The van der Waals surface area contributed by atoms with Crippen molar-refractivity contribution in [3.63, 3.8) is 0 Å². The highest BCUT2D eigenvalue weighted by Crippen LogP contribution is 2.23. The SMILES string of the molecule is O=C(Cc1c(F)ccc(Br)c1F)C1CCCCCN1. The van der Waals surface area contributed by atoms with Crippen LogP contribution < -0.4 is 5.32 Å². The summed E-state index contributed by atoms with van der Waals surface area (Å²) in [7, 11) is 0. The molecule has 0 amide bonds. The summed E-state index contributed by atoms with van der Waals surface area (Å²) in [6, 6.07) is 2.21. The zero-order chi connectivity index (χ0) is 13.8. The Morgan fingerprint density at radius 2 is 2.11 bits per heavy atom. The first kappa shape index (κ1) is 14.6. The van der Waals surface area contributed by atoms with Crippen LogP contribution in [0, 0.1) is 11.6 Å². The fourth-order valence-electron chi connectivity index (χ4n) is 2.33. The monoisotopic (exact) mass is 331 g/mol. The highest BCUT2D eigenvalue weighted by atomic mass is 79.9. The molecule has 104 valence electrons. The van der Waals surface area contributed by atoms with Crippen molar-refractivity contribution in [2.45, 2.75) is 38.1 Å². The van der Waals surface area contributed by atoms with E-state index in [1.54, 1.807) is 0 Å². The van der Waals surface area contributed by atoms with E-state index in [2.05, 4.69) is 21.2 Å². The van der Waals surface area contributed by atoms with Gasteiger partial charge in [-0.3, -0.25) is 4.79 Å². The van der Waals surface area contributed by atoms with Gasteiger partial charge in [-0.05, 0) is 47.4 Å². The van der Waals surface area contributed by atoms with Crippen LogP contribution in [0.15, 0.2) is 16.6 Å². The molecule has 1 aromatic rings. The first-order valence-electron chi connectivity index (χ1n) is 6.48. The first-order chi connectivity index (χ1) is 9.09. The Morgan fingerprint density at radius 1 is 1.32 bits per heavy atom. The maximum atomic E-state index is 13.8. The van der Waals surface area contributed by atoms with E-state index in [9.17, 15) is 13.6 Å². The molecule has 1 N–H and O–H groups in total. The molecular formula is C14H16BrF2NO. The number of rotatable bonds is 3. The van der Waals surface area contributed by atoms with Gasteiger partial charge in [0.1, 0.15) is 11.6 Å². The van der Waals surface area contributed by atoms with E-state index in [-0.39, 0.29) is 28.3 Å². The smallest absolute Gasteiger partial charge is 0.154 e. The molecule has 2 rings (SSSR count). The fraction of sp³-hybridized carbons (Fsp3) is 0.500. The predicted molar refractivity (Wildman–Crippen MR) is 73.0 cm³/mol. The Morgan fingerprint density at radius 3 is 2.89 bits per heavy atom. The van der Waals surface area contributed by atoms with Crippen molar-refractivity contribution in [1.82, 2.24) is 5.32 Å². The van der Waals surface area contributed by atoms with E-state index in [4.69, 9.17) is 0 Å². The molecule has 0 aromatic heterocycles. The van der Waals surface area contributed by atoms with Gasteiger partial charge in [0.25, 0.3) is 0 Å². The number of halogens is 3. The highest BCUT2D eigenvalue weighted by molar-refractivity contribution is 9.10. The summed E-state index contributed by atoms with van der Waals surface area (Å²) in [5, 5.41) is 3.15. The molecule has 1 saturated heterocycles. The number of hydrogen-bond donors (Lipinski definition) is 1. The molecule has 19 heavy (non-hydrogen) atoms. The van der Waals surface area contributed by atoms with Crippen LogP contribution >= 0.6 is 15.9 Å². The van der Waals surface area contributed by atoms with E-state index in [1.807, 2.05) is 0 Å². The summed E-state index contributed by atoms with van der Waals surface area (Å²) in [6.07, 6.45) is 3.66. The zero-order valence-corrected chi connectivity index (χ0v) is 12.1. The van der Waals surface area contributed by atoms with Crippen LogP contribution in [-0.4, -0.2) is 18.4 Å². The summed E-state index contributed by atoms with van der Waals surface area (Å²) >= 11 is 3.01. The Kier molecular flexibility index (Phi) is 5.05. The van der Waals surface area contributed by atoms with Crippen LogP contribution in [-0.2, 0) is 11.2 Å². The second kappa shape index (κ2) is 6.57. The lowest BCUT2D eigenvalue weighted by Gasteiger charge is -2.15. The third-order valence-corrected chi connectivity index (χ3v) is 4.05. The van der Waals surface area contributed by atoms with Gasteiger partial charge in [0.2, 0.25) is 0 Å². The molecule has 1 fully saturated rings. The first-order valence-corrected chi connectivity index (χ1v) is 7.27. The topological polar surface area (TPSA) is 29.1 Å². The summed E-state index contributed by atoms with van der Waals surface area (Å²) < 4.78 is 27.6. The van der Waals surface area contributed by atoms with Gasteiger partial charge >= 0.3 is 0 Å². The van der Waals surface area contributed by atoms with Crippen molar-refractivity contribution in [3.8, 4) is 0 Å². The molecule has 1 unspecified atom stereocenters. The molecule has 1 aromatic carbocycles. The van der Waals surface area contributed by atoms with Crippen molar-refractivity contribution in [2.24, 2.45) is 0 Å². The van der Waals surface area contributed by atoms with Crippen molar-refractivity contribution in [3.05, 3.63) is 33.8 Å². The summed E-state index contributed by atoms with van der Waals surface area (Å²) in [5.41, 5.74) is -0.148. The maximum absolute atomic E-state index is 13.8. The molecule has 0 bridgehead atoms. The van der Waals surface area contributed by atoms with Crippen molar-refractivity contribution >= 4 is 21.7 Å². The lowest BCUT2D eigenvalue weighted by Crippen LogP contribution is -2.37. The Balaban J connectivity index is 2.12. The molecule has 1 heterocycles. The lowest BCUT2D eigenvalue weighted by molar-refractivity contribution is -0.120. The number of Topliss-reactive ketones (excluding diaryl/α,β-unsaturated/α-hetero) is 1. The number of carbonyl (C=O) groups is 1. The molecule has 0 aliphatic carbocycles. The lowest BCUT2D eigenvalue weighted by atomic mass is 9.99. The highest BCUT2D eigenvalue weighted by Gasteiger charge is 2.23. The van der Waals surface area contributed by atoms with Crippen LogP contribution in [0.1, 0.15) is 31.2 Å². The quantitative estimate of drug-likeness (QED) is 0.860. The Bertz CT molecular complexity index is 471. The number of benzene rings is 1. The van der Waals surface area contributed by atoms with E-state index in [0.29, 0.717) is 0 Å². The Hall–Kier alpha value is -0.810. The molecule has 1 aliphatic rings. The molecule has 0 saturated carbocycles. The Labute approximate surface area is 119 Å². The van der Waals surface area contributed by atoms with E-state index < -0.39 is 11.6 Å². The molecular weight excluding hydrogens is 316 g/mol. The molecule has 2 nitrogen and oxygen atoms in total. The van der Waals surface area contributed by atoms with E-state index >= 15 is 0 Å². The second-order valence-electron chi connectivity index (χ2n) is 4.82. The van der Waals surface area contributed by atoms with Gasteiger partial charge in [-0.25, -0.2) is 8.78 Å². The normalized spacial score (nSPS) is 20.1. The second-order valence-corrected chi connectivity index (χ2v) is 5.68. The minimum Gasteiger partial charge on any atom is -0.307 e. The van der Waals surface area contributed by atoms with Gasteiger partial charge in [0.15, 0.2) is 5.78 Å². The van der Waals surface area contributed by atoms with Gasteiger partial charge in [-0.2, -0.15) is 0 Å². The van der Waals surface area contributed by atoms with E-state index in [0.717, 1.165) is 32.2 Å². The van der Waals surface area contributed by atoms with Crippen molar-refractivity contribution < 1.29 is 13.6 Å². The van der Waals surface area contributed by atoms with Gasteiger partial charge in [0.05, 0.1) is 10.5 Å². The average Bonchev–Trinajstić information content (AvgIpc) is 2.68. The van der Waals surface area contributed by atoms with Crippen LogP contribution in [0.3, 0.4) is 0 Å². The molecule has 0 spiro atoms. The maximum Gasteiger partial charge on any atom is 0.154 e. The van der Waals surface area contributed by atoms with Gasteiger partial charge in [0, 0.05) is 12.0 Å². The van der Waals surface area contributed by atoms with Gasteiger partial charge in [-0.1, -0.05) is 12.8 Å². The van der Waals surface area contributed by atoms with E-state index in [1.165, 1.54) is 12.1 Å². The van der Waals surface area contributed by atoms with Crippen molar-refractivity contribution in [1.29, 1.82) is 0 Å². The third kappa shape index (κ3) is 3.60.